The number of amides is 1. The van der Waals surface area contributed by atoms with Gasteiger partial charge in [-0.25, -0.2) is 0 Å². The van der Waals surface area contributed by atoms with Gasteiger partial charge in [0.1, 0.15) is 0 Å². The summed E-state index contributed by atoms with van der Waals surface area (Å²) in [4.78, 5) is 17.6. The molecule has 1 heterocycles. The number of hydrogen-bond acceptors (Lipinski definition) is 2. The summed E-state index contributed by atoms with van der Waals surface area (Å²) in [7, 11) is 2.16. The van der Waals surface area contributed by atoms with Crippen LogP contribution in [0.1, 0.15) is 29.5 Å². The highest BCUT2D eigenvalue weighted by molar-refractivity contribution is 14.1. The molecule has 0 aromatic heterocycles. The molecule has 0 saturated carbocycles. The number of hydrogen-bond donors (Lipinski definition) is 0. The third kappa shape index (κ3) is 5.30. The molecule has 1 aliphatic heterocycles. The molecule has 2 aromatic carbocycles. The van der Waals surface area contributed by atoms with E-state index >= 15 is 0 Å². The van der Waals surface area contributed by atoms with Gasteiger partial charge in [0.05, 0.1) is 6.42 Å². The lowest BCUT2D eigenvalue weighted by molar-refractivity contribution is -0.134. The Kier molecular flexibility index (Phi) is 6.70. The van der Waals surface area contributed by atoms with Crippen molar-refractivity contribution in [3.63, 3.8) is 0 Å². The molecule has 0 aliphatic carbocycles. The second kappa shape index (κ2) is 9.00. The maximum atomic E-state index is 13.2. The van der Waals surface area contributed by atoms with Crippen LogP contribution < -0.4 is 0 Å². The standard InChI is InChI=1S/C22H27IN2O/c1-17-3-5-19(6-4-17)16-25(21-11-13-24(2)14-12-21)22(26)15-18-7-9-20(23)10-8-18/h3-10,21H,11-16H2,1-2H3. The molecule has 1 aliphatic rings. The number of halogens is 1. The zero-order valence-corrected chi connectivity index (χ0v) is 17.8. The molecule has 26 heavy (non-hydrogen) atoms. The van der Waals surface area contributed by atoms with Crippen molar-refractivity contribution >= 4 is 28.5 Å². The Morgan fingerprint density at radius 2 is 1.62 bits per heavy atom. The molecule has 1 fully saturated rings. The smallest absolute Gasteiger partial charge is 0.227 e. The van der Waals surface area contributed by atoms with Crippen LogP contribution >= 0.6 is 22.6 Å². The van der Waals surface area contributed by atoms with Gasteiger partial charge in [-0.2, -0.15) is 0 Å². The van der Waals surface area contributed by atoms with Crippen molar-refractivity contribution in [3.05, 3.63) is 68.8 Å². The van der Waals surface area contributed by atoms with E-state index in [-0.39, 0.29) is 5.91 Å². The van der Waals surface area contributed by atoms with Gasteiger partial charge in [-0.3, -0.25) is 4.79 Å². The number of carbonyl (C=O) groups is 1. The zero-order chi connectivity index (χ0) is 18.5. The molecular formula is C22H27IN2O. The SMILES string of the molecule is Cc1ccc(CN(C(=O)Cc2ccc(I)cc2)C2CCN(C)CC2)cc1. The van der Waals surface area contributed by atoms with Crippen LogP contribution in [0.25, 0.3) is 0 Å². The molecule has 0 bridgehead atoms. The van der Waals surface area contributed by atoms with Crippen LogP contribution in [0.4, 0.5) is 0 Å². The van der Waals surface area contributed by atoms with Crippen LogP contribution in [0.2, 0.25) is 0 Å². The van der Waals surface area contributed by atoms with Gasteiger partial charge in [-0.15, -0.1) is 0 Å². The molecule has 0 atom stereocenters. The molecular weight excluding hydrogens is 435 g/mol. The minimum Gasteiger partial charge on any atom is -0.335 e. The maximum Gasteiger partial charge on any atom is 0.227 e. The van der Waals surface area contributed by atoms with E-state index in [4.69, 9.17) is 0 Å². The molecule has 3 nitrogen and oxygen atoms in total. The maximum absolute atomic E-state index is 13.2. The van der Waals surface area contributed by atoms with Gasteiger partial charge < -0.3 is 9.80 Å². The molecule has 3 rings (SSSR count). The normalized spacial score (nSPS) is 15.8. The predicted octanol–water partition coefficient (Wildman–Crippen LogP) is 4.27. The fourth-order valence-electron chi connectivity index (χ4n) is 3.50. The van der Waals surface area contributed by atoms with Gasteiger partial charge in [0, 0.05) is 16.2 Å². The van der Waals surface area contributed by atoms with Crippen LogP contribution in [-0.4, -0.2) is 41.9 Å². The number of rotatable bonds is 5. The fourth-order valence-corrected chi connectivity index (χ4v) is 3.86. The second-order valence-corrected chi connectivity index (χ2v) is 8.59. The largest absolute Gasteiger partial charge is 0.335 e. The fraction of sp³-hybridized carbons (Fsp3) is 0.409. The Morgan fingerprint density at radius 1 is 1.04 bits per heavy atom. The Balaban J connectivity index is 1.75. The first-order valence-electron chi connectivity index (χ1n) is 9.29. The van der Waals surface area contributed by atoms with E-state index in [0.29, 0.717) is 19.0 Å². The molecule has 4 heteroatoms. The average molecular weight is 462 g/mol. The van der Waals surface area contributed by atoms with Crippen LogP contribution in [-0.2, 0) is 17.8 Å². The third-order valence-corrected chi connectivity index (χ3v) is 5.91. The Labute approximate surface area is 170 Å². The van der Waals surface area contributed by atoms with Crippen LogP contribution in [0.3, 0.4) is 0 Å². The summed E-state index contributed by atoms with van der Waals surface area (Å²) < 4.78 is 1.20. The van der Waals surface area contributed by atoms with E-state index < -0.39 is 0 Å². The monoisotopic (exact) mass is 462 g/mol. The first-order chi connectivity index (χ1) is 12.5. The molecule has 0 radical (unpaired) electrons. The van der Waals surface area contributed by atoms with E-state index in [0.717, 1.165) is 31.5 Å². The third-order valence-electron chi connectivity index (χ3n) is 5.19. The molecule has 2 aromatic rings. The summed E-state index contributed by atoms with van der Waals surface area (Å²) in [6, 6.07) is 17.2. The van der Waals surface area contributed by atoms with Gasteiger partial charge in [0.15, 0.2) is 0 Å². The first kappa shape index (κ1) is 19.4. The molecule has 138 valence electrons. The highest BCUT2D eigenvalue weighted by atomic mass is 127. The lowest BCUT2D eigenvalue weighted by atomic mass is 10.0. The summed E-state index contributed by atoms with van der Waals surface area (Å²) in [6.45, 7) is 4.93. The Bertz CT molecular complexity index is 719. The first-order valence-corrected chi connectivity index (χ1v) is 10.4. The molecule has 1 saturated heterocycles. The van der Waals surface area contributed by atoms with Crippen LogP contribution in [0, 0.1) is 10.5 Å². The van der Waals surface area contributed by atoms with Gasteiger partial charge >= 0.3 is 0 Å². The highest BCUT2D eigenvalue weighted by Gasteiger charge is 2.27. The topological polar surface area (TPSA) is 23.6 Å². The van der Waals surface area contributed by atoms with Gasteiger partial charge in [0.25, 0.3) is 0 Å². The number of nitrogens with zero attached hydrogens (tertiary/aromatic N) is 2. The molecule has 0 spiro atoms. The van der Waals surface area contributed by atoms with Crippen molar-refractivity contribution in [2.75, 3.05) is 20.1 Å². The lowest BCUT2D eigenvalue weighted by Crippen LogP contribution is -2.46. The van der Waals surface area contributed by atoms with E-state index in [2.05, 4.69) is 94.9 Å². The van der Waals surface area contributed by atoms with Gasteiger partial charge in [-0.1, -0.05) is 42.0 Å². The van der Waals surface area contributed by atoms with Gasteiger partial charge in [0.2, 0.25) is 5.91 Å². The molecule has 0 unspecified atom stereocenters. The summed E-state index contributed by atoms with van der Waals surface area (Å²) in [5.74, 6) is 0.237. The number of piperidine rings is 1. The van der Waals surface area contributed by atoms with Crippen molar-refractivity contribution in [2.24, 2.45) is 0 Å². The molecule has 1 amide bonds. The molecule has 0 N–H and O–H groups in total. The van der Waals surface area contributed by atoms with Crippen molar-refractivity contribution < 1.29 is 4.79 Å². The van der Waals surface area contributed by atoms with E-state index in [1.807, 2.05) is 0 Å². The quantitative estimate of drug-likeness (QED) is 0.620. The Morgan fingerprint density at radius 3 is 2.23 bits per heavy atom. The van der Waals surface area contributed by atoms with Crippen molar-refractivity contribution in [1.29, 1.82) is 0 Å². The zero-order valence-electron chi connectivity index (χ0n) is 15.6. The number of aryl methyl sites for hydroxylation is 1. The summed E-state index contributed by atoms with van der Waals surface area (Å²) in [6.07, 6.45) is 2.59. The van der Waals surface area contributed by atoms with E-state index in [1.54, 1.807) is 0 Å². The minimum absolute atomic E-state index is 0.237. The average Bonchev–Trinajstić information content (AvgIpc) is 2.64. The highest BCUT2D eigenvalue weighted by Crippen LogP contribution is 2.20. The summed E-state index contributed by atoms with van der Waals surface area (Å²) in [5.41, 5.74) is 3.56. The van der Waals surface area contributed by atoms with Crippen molar-refractivity contribution in [1.82, 2.24) is 9.80 Å². The number of likely N-dealkylation sites (tertiary alicyclic amines) is 1. The Hall–Kier alpha value is -1.40. The number of benzene rings is 2. The van der Waals surface area contributed by atoms with E-state index in [1.165, 1.54) is 14.7 Å². The van der Waals surface area contributed by atoms with E-state index in [9.17, 15) is 4.79 Å². The van der Waals surface area contributed by atoms with Gasteiger partial charge in [-0.05, 0) is 85.8 Å². The van der Waals surface area contributed by atoms with Crippen LogP contribution in [0.5, 0.6) is 0 Å². The number of carbonyl (C=O) groups excluding carboxylic acids is 1. The van der Waals surface area contributed by atoms with Crippen molar-refractivity contribution in [3.8, 4) is 0 Å². The van der Waals surface area contributed by atoms with Crippen molar-refractivity contribution in [2.45, 2.75) is 38.8 Å². The summed E-state index contributed by atoms with van der Waals surface area (Å²) in [5, 5.41) is 0. The predicted molar refractivity (Wildman–Crippen MR) is 115 cm³/mol. The van der Waals surface area contributed by atoms with Crippen LogP contribution in [0.15, 0.2) is 48.5 Å². The second-order valence-electron chi connectivity index (χ2n) is 7.34. The summed E-state index contributed by atoms with van der Waals surface area (Å²) >= 11 is 2.30. The lowest BCUT2D eigenvalue weighted by Gasteiger charge is -2.37. The minimum atomic E-state index is 0.237.